The van der Waals surface area contributed by atoms with Crippen LogP contribution in [0.25, 0.3) is 22.5 Å². The predicted octanol–water partition coefficient (Wildman–Crippen LogP) is 3.45. The normalized spacial score (nSPS) is 18.0. The minimum atomic E-state index is 0.0325. The van der Waals surface area contributed by atoms with Crippen molar-refractivity contribution >= 4 is 5.95 Å². The zero-order valence-corrected chi connectivity index (χ0v) is 18.7. The second-order valence-corrected chi connectivity index (χ2v) is 9.53. The van der Waals surface area contributed by atoms with Gasteiger partial charge in [0, 0.05) is 47.7 Å². The van der Waals surface area contributed by atoms with E-state index in [2.05, 4.69) is 63.1 Å². The van der Waals surface area contributed by atoms with Crippen LogP contribution in [-0.4, -0.2) is 54.4 Å². The lowest BCUT2D eigenvalue weighted by Gasteiger charge is -2.48. The Morgan fingerprint density at radius 1 is 0.968 bits per heavy atom. The summed E-state index contributed by atoms with van der Waals surface area (Å²) in [6, 6.07) is 5.63. The Balaban J connectivity index is 1.54. The van der Waals surface area contributed by atoms with E-state index in [9.17, 15) is 5.11 Å². The quantitative estimate of drug-likeness (QED) is 0.663. The highest BCUT2D eigenvalue weighted by atomic mass is 16.3. The number of benzene rings is 1. The van der Waals surface area contributed by atoms with Crippen molar-refractivity contribution in [2.24, 2.45) is 0 Å². The molecule has 3 heterocycles. The fourth-order valence-electron chi connectivity index (χ4n) is 4.62. The molecule has 1 aliphatic heterocycles. The van der Waals surface area contributed by atoms with Crippen LogP contribution in [0, 0.1) is 0 Å². The number of hydrogen-bond acceptors (Lipinski definition) is 8. The second-order valence-electron chi connectivity index (χ2n) is 9.53. The summed E-state index contributed by atoms with van der Waals surface area (Å²) in [6.07, 6.45) is 8.53. The molecular formula is C23H29N7O. The number of phenols is 1. The monoisotopic (exact) mass is 419 g/mol. The molecule has 8 heteroatoms. The molecule has 0 unspecified atom stereocenters. The number of piperidine rings is 1. The topological polar surface area (TPSA) is 100.0 Å². The molecule has 0 radical (unpaired) electrons. The molecule has 0 spiro atoms. The number of anilines is 1. The van der Waals surface area contributed by atoms with E-state index in [1.165, 1.54) is 0 Å². The molecule has 0 amide bonds. The maximum absolute atomic E-state index is 10.5. The molecule has 1 fully saturated rings. The van der Waals surface area contributed by atoms with E-state index in [-0.39, 0.29) is 16.8 Å². The average Bonchev–Trinajstić information content (AvgIpc) is 2.72. The zero-order chi connectivity index (χ0) is 22.2. The minimum Gasteiger partial charge on any atom is -0.507 e. The smallest absolute Gasteiger partial charge is 0.245 e. The van der Waals surface area contributed by atoms with Gasteiger partial charge in [-0.3, -0.25) is 9.97 Å². The molecule has 0 bridgehead atoms. The van der Waals surface area contributed by atoms with Gasteiger partial charge < -0.3 is 15.3 Å². The van der Waals surface area contributed by atoms with Crippen LogP contribution in [0.5, 0.6) is 5.75 Å². The molecule has 1 saturated heterocycles. The van der Waals surface area contributed by atoms with Gasteiger partial charge in [0.15, 0.2) is 0 Å². The lowest BCUT2D eigenvalue weighted by atomic mass is 9.79. The maximum atomic E-state index is 10.5. The Hall–Kier alpha value is -3.13. The highest BCUT2D eigenvalue weighted by Gasteiger charge is 2.39. The van der Waals surface area contributed by atoms with Gasteiger partial charge in [-0.15, -0.1) is 10.2 Å². The van der Waals surface area contributed by atoms with E-state index < -0.39 is 0 Å². The van der Waals surface area contributed by atoms with E-state index in [0.29, 0.717) is 28.9 Å². The molecule has 31 heavy (non-hydrogen) atoms. The van der Waals surface area contributed by atoms with Gasteiger partial charge in [-0.2, -0.15) is 0 Å². The van der Waals surface area contributed by atoms with E-state index in [1.807, 2.05) is 13.1 Å². The summed E-state index contributed by atoms with van der Waals surface area (Å²) >= 11 is 0. The van der Waals surface area contributed by atoms with Crippen molar-refractivity contribution < 1.29 is 5.11 Å². The van der Waals surface area contributed by atoms with Crippen LogP contribution < -0.4 is 10.2 Å². The van der Waals surface area contributed by atoms with Crippen LogP contribution in [0.4, 0.5) is 5.95 Å². The van der Waals surface area contributed by atoms with Crippen LogP contribution in [0.3, 0.4) is 0 Å². The van der Waals surface area contributed by atoms with Crippen molar-refractivity contribution in [3.05, 3.63) is 43.0 Å². The second kappa shape index (κ2) is 7.85. The number of nitrogens with zero attached hydrogens (tertiary/aromatic N) is 6. The molecule has 0 saturated carbocycles. The molecule has 2 N–H and O–H groups in total. The number of hydrogen-bond donors (Lipinski definition) is 2. The van der Waals surface area contributed by atoms with E-state index in [1.54, 1.807) is 36.9 Å². The standard InChI is InChI=1S/C23H29N7O/c1-22(2)11-16(12-23(3,4)29-22)30(5)21-26-14-19(27-28-21)17-7-6-15(10-20(17)31)18-13-24-8-9-25-18/h6-10,13-14,16,29,31H,11-12H2,1-5H3. The summed E-state index contributed by atoms with van der Waals surface area (Å²) in [4.78, 5) is 15.0. The van der Waals surface area contributed by atoms with Crippen molar-refractivity contribution in [2.45, 2.75) is 57.7 Å². The fourth-order valence-corrected chi connectivity index (χ4v) is 4.62. The summed E-state index contributed by atoms with van der Waals surface area (Å²) in [6.45, 7) is 8.91. The van der Waals surface area contributed by atoms with Gasteiger partial charge in [0.2, 0.25) is 5.95 Å². The summed E-state index contributed by atoms with van der Waals surface area (Å²) in [7, 11) is 2.02. The lowest BCUT2D eigenvalue weighted by molar-refractivity contribution is 0.160. The highest BCUT2D eigenvalue weighted by Crippen LogP contribution is 2.33. The van der Waals surface area contributed by atoms with Crippen LogP contribution in [-0.2, 0) is 0 Å². The number of aromatic nitrogens is 5. The first-order chi connectivity index (χ1) is 14.6. The fraction of sp³-hybridized carbons (Fsp3) is 0.435. The van der Waals surface area contributed by atoms with Gasteiger partial charge >= 0.3 is 0 Å². The summed E-state index contributed by atoms with van der Waals surface area (Å²) in [5, 5.41) is 22.9. The molecule has 8 nitrogen and oxygen atoms in total. The third kappa shape index (κ3) is 4.64. The Labute approximate surface area is 182 Å². The van der Waals surface area contributed by atoms with Crippen LogP contribution >= 0.6 is 0 Å². The molecule has 2 aromatic heterocycles. The Morgan fingerprint density at radius 2 is 1.71 bits per heavy atom. The summed E-state index contributed by atoms with van der Waals surface area (Å²) in [5.74, 6) is 0.681. The Morgan fingerprint density at radius 3 is 2.29 bits per heavy atom. The molecule has 0 atom stereocenters. The molecular weight excluding hydrogens is 390 g/mol. The minimum absolute atomic E-state index is 0.0325. The number of nitrogens with one attached hydrogen (secondary N) is 1. The van der Waals surface area contributed by atoms with Gasteiger partial charge in [-0.25, -0.2) is 4.98 Å². The first kappa shape index (κ1) is 21.1. The molecule has 4 rings (SSSR count). The van der Waals surface area contributed by atoms with E-state index >= 15 is 0 Å². The number of aromatic hydroxyl groups is 1. The predicted molar refractivity (Wildman–Crippen MR) is 121 cm³/mol. The third-order valence-corrected chi connectivity index (χ3v) is 5.71. The largest absolute Gasteiger partial charge is 0.507 e. The van der Waals surface area contributed by atoms with Crippen molar-refractivity contribution in [2.75, 3.05) is 11.9 Å². The van der Waals surface area contributed by atoms with Crippen molar-refractivity contribution in [3.63, 3.8) is 0 Å². The SMILES string of the molecule is CN(c1ncc(-c2ccc(-c3cnccn3)cc2O)nn1)C1CC(C)(C)NC(C)(C)C1. The molecule has 3 aromatic rings. The zero-order valence-electron chi connectivity index (χ0n) is 18.7. The number of rotatable bonds is 4. The molecule has 1 aromatic carbocycles. The van der Waals surface area contributed by atoms with Gasteiger partial charge in [0.1, 0.15) is 11.4 Å². The van der Waals surface area contributed by atoms with Crippen molar-refractivity contribution in [1.29, 1.82) is 0 Å². The van der Waals surface area contributed by atoms with Crippen LogP contribution in [0.1, 0.15) is 40.5 Å². The van der Waals surface area contributed by atoms with Gasteiger partial charge in [0.05, 0.1) is 18.1 Å². The first-order valence-electron chi connectivity index (χ1n) is 10.5. The van der Waals surface area contributed by atoms with Gasteiger partial charge in [-0.1, -0.05) is 6.07 Å². The van der Waals surface area contributed by atoms with Gasteiger partial charge in [0.25, 0.3) is 0 Å². The lowest BCUT2D eigenvalue weighted by Crippen LogP contribution is -2.62. The average molecular weight is 420 g/mol. The van der Waals surface area contributed by atoms with E-state index in [0.717, 1.165) is 18.4 Å². The molecule has 0 aliphatic carbocycles. The summed E-state index contributed by atoms with van der Waals surface area (Å²) in [5.41, 5.74) is 2.63. The third-order valence-electron chi connectivity index (χ3n) is 5.71. The van der Waals surface area contributed by atoms with Gasteiger partial charge in [-0.05, 0) is 52.7 Å². The molecule has 1 aliphatic rings. The molecule has 162 valence electrons. The van der Waals surface area contributed by atoms with Crippen LogP contribution in [0.2, 0.25) is 0 Å². The highest BCUT2D eigenvalue weighted by molar-refractivity contribution is 5.72. The van der Waals surface area contributed by atoms with Crippen LogP contribution in [0.15, 0.2) is 43.0 Å². The Bertz CT molecular complexity index is 1040. The number of phenolic OH excluding ortho intramolecular Hbond substituents is 1. The Kier molecular flexibility index (Phi) is 5.35. The summed E-state index contributed by atoms with van der Waals surface area (Å²) < 4.78 is 0. The first-order valence-corrected chi connectivity index (χ1v) is 10.5. The van der Waals surface area contributed by atoms with Crippen molar-refractivity contribution in [3.8, 4) is 28.3 Å². The maximum Gasteiger partial charge on any atom is 0.245 e. The van der Waals surface area contributed by atoms with E-state index in [4.69, 9.17) is 0 Å². The van der Waals surface area contributed by atoms with Crippen molar-refractivity contribution in [1.82, 2.24) is 30.5 Å².